The first-order valence-corrected chi connectivity index (χ1v) is 8.12. The highest BCUT2D eigenvalue weighted by molar-refractivity contribution is 5.30. The molecule has 0 aromatic heterocycles. The van der Waals surface area contributed by atoms with E-state index in [0.29, 0.717) is 6.04 Å². The first kappa shape index (κ1) is 15.0. The predicted octanol–water partition coefficient (Wildman–Crippen LogP) is 3.42. The predicted molar refractivity (Wildman–Crippen MR) is 84.3 cm³/mol. The Kier molecular flexibility index (Phi) is 4.34. The van der Waals surface area contributed by atoms with Crippen LogP contribution in [0.4, 0.5) is 0 Å². The van der Waals surface area contributed by atoms with Crippen LogP contribution in [0, 0.1) is 13.8 Å². The fourth-order valence-corrected chi connectivity index (χ4v) is 3.64. The molecule has 1 heterocycles. The average molecular weight is 289 g/mol. The van der Waals surface area contributed by atoms with Crippen molar-refractivity contribution in [2.75, 3.05) is 20.3 Å². The molecule has 0 bridgehead atoms. The molecule has 1 saturated carbocycles. The normalized spacial score (nSPS) is 22.3. The maximum Gasteiger partial charge on any atom is 0.168 e. The summed E-state index contributed by atoms with van der Waals surface area (Å²) in [5, 5.41) is 0. The van der Waals surface area contributed by atoms with Crippen LogP contribution >= 0.6 is 0 Å². The Morgan fingerprint density at radius 1 is 1.14 bits per heavy atom. The molecule has 1 aromatic carbocycles. The lowest BCUT2D eigenvalue weighted by molar-refractivity contribution is -0.183. The SMILES string of the molecule is Cc1ccc(C)c(CN(C)C2CCC3(CC2)OCCO3)c1. The van der Waals surface area contributed by atoms with E-state index in [1.54, 1.807) is 0 Å². The lowest BCUT2D eigenvalue weighted by Gasteiger charge is -2.39. The summed E-state index contributed by atoms with van der Waals surface area (Å²) < 4.78 is 11.6. The monoisotopic (exact) mass is 289 g/mol. The fraction of sp³-hybridized carbons (Fsp3) is 0.667. The van der Waals surface area contributed by atoms with E-state index in [9.17, 15) is 0 Å². The second kappa shape index (κ2) is 6.07. The second-order valence-corrected chi connectivity index (χ2v) is 6.68. The molecule has 21 heavy (non-hydrogen) atoms. The molecule has 0 N–H and O–H groups in total. The Labute approximate surface area is 128 Å². The maximum atomic E-state index is 5.82. The van der Waals surface area contributed by atoms with Gasteiger partial charge in [-0.15, -0.1) is 0 Å². The number of aryl methyl sites for hydroxylation is 2. The third kappa shape index (κ3) is 3.31. The zero-order valence-electron chi connectivity index (χ0n) is 13.5. The number of benzene rings is 1. The molecule has 3 nitrogen and oxygen atoms in total. The molecule has 2 aliphatic rings. The molecule has 116 valence electrons. The van der Waals surface area contributed by atoms with E-state index >= 15 is 0 Å². The van der Waals surface area contributed by atoms with Gasteiger partial charge in [0, 0.05) is 25.4 Å². The van der Waals surface area contributed by atoms with Crippen LogP contribution in [0.1, 0.15) is 42.4 Å². The van der Waals surface area contributed by atoms with Gasteiger partial charge in [-0.2, -0.15) is 0 Å². The third-order valence-electron chi connectivity index (χ3n) is 5.08. The summed E-state index contributed by atoms with van der Waals surface area (Å²) in [7, 11) is 2.25. The summed E-state index contributed by atoms with van der Waals surface area (Å²) in [5.74, 6) is -0.239. The molecule has 0 amide bonds. The molecule has 1 aliphatic heterocycles. The molecule has 0 atom stereocenters. The van der Waals surface area contributed by atoms with Crippen molar-refractivity contribution in [1.29, 1.82) is 0 Å². The minimum atomic E-state index is -0.239. The van der Waals surface area contributed by atoms with E-state index < -0.39 is 0 Å². The van der Waals surface area contributed by atoms with Gasteiger partial charge in [-0.25, -0.2) is 0 Å². The highest BCUT2D eigenvalue weighted by Gasteiger charge is 2.40. The first-order valence-electron chi connectivity index (χ1n) is 8.12. The minimum Gasteiger partial charge on any atom is -0.348 e. The Morgan fingerprint density at radius 2 is 1.81 bits per heavy atom. The van der Waals surface area contributed by atoms with Crippen LogP contribution in [-0.4, -0.2) is 37.0 Å². The molecule has 2 fully saturated rings. The smallest absolute Gasteiger partial charge is 0.168 e. The average Bonchev–Trinajstić information content (AvgIpc) is 2.92. The zero-order chi connectivity index (χ0) is 14.9. The topological polar surface area (TPSA) is 21.7 Å². The second-order valence-electron chi connectivity index (χ2n) is 6.68. The van der Waals surface area contributed by atoms with E-state index in [0.717, 1.165) is 32.6 Å². The van der Waals surface area contributed by atoms with Gasteiger partial charge < -0.3 is 9.47 Å². The molecule has 1 aromatic rings. The molecule has 3 rings (SSSR count). The maximum absolute atomic E-state index is 5.82. The van der Waals surface area contributed by atoms with Crippen molar-refractivity contribution in [3.8, 4) is 0 Å². The number of nitrogens with zero attached hydrogens (tertiary/aromatic N) is 1. The molecule has 0 radical (unpaired) electrons. The van der Waals surface area contributed by atoms with E-state index in [4.69, 9.17) is 9.47 Å². The summed E-state index contributed by atoms with van der Waals surface area (Å²) in [6, 6.07) is 7.38. The van der Waals surface area contributed by atoms with Crippen molar-refractivity contribution in [3.63, 3.8) is 0 Å². The van der Waals surface area contributed by atoms with Gasteiger partial charge in [0.2, 0.25) is 0 Å². The molecule has 1 spiro atoms. The number of rotatable bonds is 3. The van der Waals surface area contributed by atoms with Gasteiger partial charge in [0.15, 0.2) is 5.79 Å². The van der Waals surface area contributed by atoms with Crippen LogP contribution in [0.2, 0.25) is 0 Å². The summed E-state index contributed by atoms with van der Waals surface area (Å²) in [6.07, 6.45) is 4.41. The zero-order valence-corrected chi connectivity index (χ0v) is 13.5. The van der Waals surface area contributed by atoms with Gasteiger partial charge in [0.1, 0.15) is 0 Å². The van der Waals surface area contributed by atoms with Gasteiger partial charge in [-0.1, -0.05) is 23.8 Å². The van der Waals surface area contributed by atoms with E-state index in [1.165, 1.54) is 29.5 Å². The molecule has 3 heteroatoms. The van der Waals surface area contributed by atoms with E-state index in [1.807, 2.05) is 0 Å². The quantitative estimate of drug-likeness (QED) is 0.851. The van der Waals surface area contributed by atoms with Crippen LogP contribution in [0.15, 0.2) is 18.2 Å². The van der Waals surface area contributed by atoms with Crippen molar-refractivity contribution < 1.29 is 9.47 Å². The van der Waals surface area contributed by atoms with Crippen molar-refractivity contribution in [3.05, 3.63) is 34.9 Å². The highest BCUT2D eigenvalue weighted by Crippen LogP contribution is 2.37. The largest absolute Gasteiger partial charge is 0.348 e. The Bertz CT molecular complexity index is 484. The van der Waals surface area contributed by atoms with Gasteiger partial charge in [0.25, 0.3) is 0 Å². The van der Waals surface area contributed by atoms with Crippen molar-refractivity contribution in [1.82, 2.24) is 4.90 Å². The lowest BCUT2D eigenvalue weighted by Crippen LogP contribution is -2.42. The van der Waals surface area contributed by atoms with Crippen LogP contribution in [0.5, 0.6) is 0 Å². The Balaban J connectivity index is 1.59. The van der Waals surface area contributed by atoms with Crippen LogP contribution < -0.4 is 0 Å². The Hall–Kier alpha value is -0.900. The summed E-state index contributed by atoms with van der Waals surface area (Å²) in [5.41, 5.74) is 4.19. The van der Waals surface area contributed by atoms with Crippen molar-refractivity contribution in [2.24, 2.45) is 0 Å². The third-order valence-corrected chi connectivity index (χ3v) is 5.08. The molecule has 0 unspecified atom stereocenters. The number of hydrogen-bond acceptors (Lipinski definition) is 3. The highest BCUT2D eigenvalue weighted by atomic mass is 16.7. The van der Waals surface area contributed by atoms with E-state index in [-0.39, 0.29) is 5.79 Å². The molecular formula is C18H27NO2. The van der Waals surface area contributed by atoms with Gasteiger partial charge in [0.05, 0.1) is 13.2 Å². The van der Waals surface area contributed by atoms with Crippen LogP contribution in [-0.2, 0) is 16.0 Å². The number of ether oxygens (including phenoxy) is 2. The van der Waals surface area contributed by atoms with Crippen LogP contribution in [0.25, 0.3) is 0 Å². The van der Waals surface area contributed by atoms with Crippen molar-refractivity contribution >= 4 is 0 Å². The lowest BCUT2D eigenvalue weighted by atomic mass is 9.89. The van der Waals surface area contributed by atoms with E-state index in [2.05, 4.69) is 44.0 Å². The van der Waals surface area contributed by atoms with Gasteiger partial charge in [-0.3, -0.25) is 4.90 Å². The molecule has 1 aliphatic carbocycles. The fourth-order valence-electron chi connectivity index (χ4n) is 3.64. The molecular weight excluding hydrogens is 262 g/mol. The standard InChI is InChI=1S/C18H27NO2/c1-14-4-5-15(2)16(12-14)13-19(3)17-6-8-18(9-7-17)20-10-11-21-18/h4-5,12,17H,6-11,13H2,1-3H3. The summed E-state index contributed by atoms with van der Waals surface area (Å²) in [4.78, 5) is 2.50. The minimum absolute atomic E-state index is 0.239. The summed E-state index contributed by atoms with van der Waals surface area (Å²) in [6.45, 7) is 6.94. The summed E-state index contributed by atoms with van der Waals surface area (Å²) >= 11 is 0. The first-order chi connectivity index (χ1) is 10.1. The molecule has 1 saturated heterocycles. The van der Waals surface area contributed by atoms with Crippen molar-refractivity contribution in [2.45, 2.75) is 57.9 Å². The number of hydrogen-bond donors (Lipinski definition) is 0. The van der Waals surface area contributed by atoms with Gasteiger partial charge in [-0.05, 0) is 44.9 Å². The van der Waals surface area contributed by atoms with Gasteiger partial charge >= 0.3 is 0 Å². The van der Waals surface area contributed by atoms with Crippen LogP contribution in [0.3, 0.4) is 0 Å². The Morgan fingerprint density at radius 3 is 2.48 bits per heavy atom.